The van der Waals surface area contributed by atoms with Crippen molar-refractivity contribution in [1.29, 1.82) is 0 Å². The normalized spacial score (nSPS) is 23.1. The van der Waals surface area contributed by atoms with Crippen molar-refractivity contribution in [2.45, 2.75) is 25.9 Å². The van der Waals surface area contributed by atoms with Crippen molar-refractivity contribution in [3.05, 3.63) is 0 Å². The Bertz CT molecular complexity index is 206. The highest BCUT2D eigenvalue weighted by molar-refractivity contribution is 7.99. The summed E-state index contributed by atoms with van der Waals surface area (Å²) in [6.45, 7) is 4.74. The molecule has 0 bridgehead atoms. The molecule has 2 unspecified atom stereocenters. The van der Waals surface area contributed by atoms with Gasteiger partial charge in [0, 0.05) is 18.7 Å². The number of nitrogens with one attached hydrogen (secondary N) is 2. The van der Waals surface area contributed by atoms with Crippen LogP contribution in [0.1, 0.15) is 13.8 Å². The average molecular weight is 232 g/mol. The monoisotopic (exact) mass is 232 g/mol. The second kappa shape index (κ2) is 6.35. The van der Waals surface area contributed by atoms with E-state index in [0.717, 1.165) is 11.6 Å². The van der Waals surface area contributed by atoms with Crippen LogP contribution in [0.15, 0.2) is 0 Å². The van der Waals surface area contributed by atoms with E-state index in [4.69, 9.17) is 4.74 Å². The Morgan fingerprint density at radius 1 is 1.67 bits per heavy atom. The van der Waals surface area contributed by atoms with Crippen LogP contribution < -0.4 is 10.6 Å². The fourth-order valence-corrected chi connectivity index (χ4v) is 2.37. The van der Waals surface area contributed by atoms with Gasteiger partial charge in [-0.25, -0.2) is 0 Å². The molecule has 1 fully saturated rings. The minimum Gasteiger partial charge on any atom is -0.383 e. The first-order chi connectivity index (χ1) is 7.15. The predicted molar refractivity (Wildman–Crippen MR) is 62.9 cm³/mol. The molecule has 0 aliphatic carbocycles. The molecule has 0 aromatic carbocycles. The SMILES string of the molecule is COCC(NC(=O)C1CSCN1)C(C)C. The first kappa shape index (κ1) is 12.8. The first-order valence-electron chi connectivity index (χ1n) is 5.25. The zero-order valence-corrected chi connectivity index (χ0v) is 10.4. The molecule has 2 N–H and O–H groups in total. The number of methoxy groups -OCH3 is 1. The summed E-state index contributed by atoms with van der Waals surface area (Å²) in [6.07, 6.45) is 0. The molecule has 0 saturated carbocycles. The Hall–Kier alpha value is -0.260. The van der Waals surface area contributed by atoms with Gasteiger partial charge in [-0.1, -0.05) is 13.8 Å². The number of ether oxygens (including phenoxy) is 1. The van der Waals surface area contributed by atoms with E-state index in [1.54, 1.807) is 18.9 Å². The van der Waals surface area contributed by atoms with E-state index < -0.39 is 0 Å². The second-order valence-electron chi connectivity index (χ2n) is 4.09. The summed E-state index contributed by atoms with van der Waals surface area (Å²) in [5.41, 5.74) is 0. The molecule has 0 aromatic rings. The molecule has 88 valence electrons. The van der Waals surface area contributed by atoms with Crippen molar-refractivity contribution >= 4 is 17.7 Å². The Kier molecular flexibility index (Phi) is 5.42. The van der Waals surface area contributed by atoms with E-state index in [1.807, 2.05) is 0 Å². The Labute approximate surface area is 95.5 Å². The summed E-state index contributed by atoms with van der Waals surface area (Å²) in [5, 5.41) is 6.17. The lowest BCUT2D eigenvalue weighted by Crippen LogP contribution is -2.49. The van der Waals surface area contributed by atoms with E-state index in [2.05, 4.69) is 24.5 Å². The van der Waals surface area contributed by atoms with Crippen molar-refractivity contribution in [3.63, 3.8) is 0 Å². The number of hydrogen-bond acceptors (Lipinski definition) is 4. The van der Waals surface area contributed by atoms with Gasteiger partial charge in [0.25, 0.3) is 0 Å². The molecular weight excluding hydrogens is 212 g/mol. The van der Waals surface area contributed by atoms with E-state index in [1.165, 1.54) is 0 Å². The standard InChI is InChI=1S/C10H20N2O2S/c1-7(2)8(4-14-3)12-10(13)9-5-15-6-11-9/h7-9,11H,4-6H2,1-3H3,(H,12,13). The maximum Gasteiger partial charge on any atom is 0.238 e. The number of hydrogen-bond donors (Lipinski definition) is 2. The third-order valence-corrected chi connectivity index (χ3v) is 3.45. The molecule has 2 atom stereocenters. The molecular formula is C10H20N2O2S. The quantitative estimate of drug-likeness (QED) is 0.722. The van der Waals surface area contributed by atoms with E-state index in [-0.39, 0.29) is 18.0 Å². The summed E-state index contributed by atoms with van der Waals surface area (Å²) in [7, 11) is 1.66. The van der Waals surface area contributed by atoms with Gasteiger partial charge < -0.3 is 10.1 Å². The van der Waals surface area contributed by atoms with Crippen LogP contribution in [0.25, 0.3) is 0 Å². The van der Waals surface area contributed by atoms with Gasteiger partial charge in [0.2, 0.25) is 5.91 Å². The Morgan fingerprint density at radius 3 is 2.87 bits per heavy atom. The summed E-state index contributed by atoms with van der Waals surface area (Å²) in [5.74, 6) is 2.22. The van der Waals surface area contributed by atoms with Crippen LogP contribution in [0.2, 0.25) is 0 Å². The van der Waals surface area contributed by atoms with Gasteiger partial charge >= 0.3 is 0 Å². The van der Waals surface area contributed by atoms with Gasteiger partial charge in [-0.2, -0.15) is 0 Å². The van der Waals surface area contributed by atoms with E-state index in [9.17, 15) is 4.79 Å². The largest absolute Gasteiger partial charge is 0.383 e. The second-order valence-corrected chi connectivity index (χ2v) is 5.12. The van der Waals surface area contributed by atoms with Crippen LogP contribution in [-0.4, -0.2) is 43.3 Å². The van der Waals surface area contributed by atoms with Gasteiger partial charge in [0.1, 0.15) is 0 Å². The number of rotatable bonds is 5. The molecule has 15 heavy (non-hydrogen) atoms. The summed E-state index contributed by atoms with van der Waals surface area (Å²) in [4.78, 5) is 11.8. The molecule has 4 nitrogen and oxygen atoms in total. The fourth-order valence-electron chi connectivity index (χ4n) is 1.43. The average Bonchev–Trinajstić information content (AvgIpc) is 2.69. The van der Waals surface area contributed by atoms with Gasteiger partial charge in [-0.05, 0) is 5.92 Å². The highest BCUT2D eigenvalue weighted by Gasteiger charge is 2.25. The fraction of sp³-hybridized carbons (Fsp3) is 0.900. The molecule has 1 aliphatic heterocycles. The van der Waals surface area contributed by atoms with Crippen LogP contribution in [0, 0.1) is 5.92 Å². The maximum absolute atomic E-state index is 11.8. The van der Waals surface area contributed by atoms with Crippen molar-refractivity contribution in [1.82, 2.24) is 10.6 Å². The molecule has 1 amide bonds. The van der Waals surface area contributed by atoms with Crippen molar-refractivity contribution in [3.8, 4) is 0 Å². The highest BCUT2D eigenvalue weighted by atomic mass is 32.2. The zero-order valence-electron chi connectivity index (χ0n) is 9.58. The summed E-state index contributed by atoms with van der Waals surface area (Å²) in [6, 6.07) is 0.0722. The minimum absolute atomic E-state index is 0.0342. The van der Waals surface area contributed by atoms with Gasteiger partial charge in [-0.3, -0.25) is 10.1 Å². The molecule has 1 aliphatic rings. The third-order valence-electron chi connectivity index (χ3n) is 2.51. The van der Waals surface area contributed by atoms with E-state index >= 15 is 0 Å². The molecule has 1 rings (SSSR count). The lowest BCUT2D eigenvalue weighted by atomic mass is 10.1. The molecule has 1 heterocycles. The molecule has 5 heteroatoms. The minimum atomic E-state index is -0.0342. The van der Waals surface area contributed by atoms with E-state index in [0.29, 0.717) is 12.5 Å². The van der Waals surface area contributed by atoms with Crippen LogP contribution in [0.4, 0.5) is 0 Å². The van der Waals surface area contributed by atoms with Crippen LogP contribution in [-0.2, 0) is 9.53 Å². The van der Waals surface area contributed by atoms with Crippen molar-refractivity contribution < 1.29 is 9.53 Å². The Morgan fingerprint density at radius 2 is 2.40 bits per heavy atom. The molecule has 0 aromatic heterocycles. The first-order valence-corrected chi connectivity index (χ1v) is 6.41. The summed E-state index contributed by atoms with van der Waals surface area (Å²) < 4.78 is 5.09. The van der Waals surface area contributed by atoms with Gasteiger partial charge in [0.15, 0.2) is 0 Å². The zero-order chi connectivity index (χ0) is 11.3. The summed E-state index contributed by atoms with van der Waals surface area (Å²) >= 11 is 1.76. The van der Waals surface area contributed by atoms with Gasteiger partial charge in [-0.15, -0.1) is 11.8 Å². The number of carbonyl (C=O) groups excluding carboxylic acids is 1. The van der Waals surface area contributed by atoms with Crippen molar-refractivity contribution in [2.24, 2.45) is 5.92 Å². The third kappa shape index (κ3) is 4.01. The van der Waals surface area contributed by atoms with Gasteiger partial charge in [0.05, 0.1) is 18.7 Å². The Balaban J connectivity index is 2.38. The van der Waals surface area contributed by atoms with Crippen LogP contribution in [0.3, 0.4) is 0 Å². The smallest absolute Gasteiger partial charge is 0.238 e. The number of carbonyl (C=O) groups is 1. The molecule has 0 radical (unpaired) electrons. The predicted octanol–water partition coefficient (Wildman–Crippen LogP) is 0.436. The lowest BCUT2D eigenvalue weighted by molar-refractivity contribution is -0.123. The molecule has 0 spiro atoms. The van der Waals surface area contributed by atoms with Crippen molar-refractivity contribution in [2.75, 3.05) is 25.3 Å². The number of amides is 1. The van der Waals surface area contributed by atoms with Crippen LogP contribution >= 0.6 is 11.8 Å². The van der Waals surface area contributed by atoms with Crippen LogP contribution in [0.5, 0.6) is 0 Å². The maximum atomic E-state index is 11.8. The lowest BCUT2D eigenvalue weighted by Gasteiger charge is -2.23. The molecule has 1 saturated heterocycles. The topological polar surface area (TPSA) is 50.4 Å². The number of thioether (sulfide) groups is 1. The highest BCUT2D eigenvalue weighted by Crippen LogP contribution is 2.10.